The molecule has 3 atom stereocenters. The smallest absolute Gasteiger partial charge is 0.270 e. The van der Waals surface area contributed by atoms with Crippen LogP contribution in [0.3, 0.4) is 0 Å². The number of sulfone groups is 1. The van der Waals surface area contributed by atoms with Crippen molar-refractivity contribution >= 4 is 38.5 Å². The van der Waals surface area contributed by atoms with Crippen molar-refractivity contribution in [2.75, 3.05) is 12.8 Å². The van der Waals surface area contributed by atoms with Gasteiger partial charge < -0.3 is 15.5 Å². The van der Waals surface area contributed by atoms with Crippen molar-refractivity contribution in [1.29, 1.82) is 5.26 Å². The molecule has 0 bridgehead atoms. The van der Waals surface area contributed by atoms with Crippen molar-refractivity contribution in [3.8, 4) is 6.07 Å². The number of fused-ring (bicyclic) bond motifs is 1. The highest BCUT2D eigenvalue weighted by molar-refractivity contribution is 7.93. The molecular weight excluding hydrogens is 506 g/mol. The van der Waals surface area contributed by atoms with E-state index in [0.29, 0.717) is 24.9 Å². The van der Waals surface area contributed by atoms with Crippen molar-refractivity contribution in [1.82, 2.24) is 20.5 Å². The molecule has 0 saturated carbocycles. The van der Waals surface area contributed by atoms with Crippen LogP contribution in [0.15, 0.2) is 47.9 Å². The molecule has 1 saturated heterocycles. The molecule has 0 unspecified atom stereocenters. The van der Waals surface area contributed by atoms with Gasteiger partial charge in [-0.2, -0.15) is 5.26 Å². The molecule has 1 aromatic carbocycles. The van der Waals surface area contributed by atoms with E-state index in [9.17, 15) is 22.8 Å². The van der Waals surface area contributed by atoms with Gasteiger partial charge in [-0.05, 0) is 36.5 Å². The molecule has 0 radical (unpaired) electrons. The van der Waals surface area contributed by atoms with Gasteiger partial charge in [0.25, 0.3) is 5.91 Å². The van der Waals surface area contributed by atoms with Gasteiger partial charge in [0.2, 0.25) is 11.8 Å². The van der Waals surface area contributed by atoms with E-state index < -0.39 is 51.1 Å². The number of carbonyl (C=O) groups is 3. The fourth-order valence-corrected chi connectivity index (χ4v) is 4.77. The third-order valence-corrected chi connectivity index (χ3v) is 6.91. The number of hydrogen-bond acceptors (Lipinski definition) is 7. The predicted octanol–water partition coefficient (Wildman–Crippen LogP) is 2.33. The minimum atomic E-state index is -3.44. The lowest BCUT2D eigenvalue weighted by Crippen LogP contribution is -2.58. The maximum absolute atomic E-state index is 13.7. The zero-order chi connectivity index (χ0) is 28.1. The number of nitrogens with zero attached hydrogens (tertiary/aromatic N) is 3. The lowest BCUT2D eigenvalue weighted by Gasteiger charge is -2.35. The van der Waals surface area contributed by atoms with Crippen LogP contribution in [0.2, 0.25) is 0 Å². The molecule has 1 aliphatic rings. The van der Waals surface area contributed by atoms with E-state index in [1.54, 1.807) is 18.2 Å². The second-order valence-electron chi connectivity index (χ2n) is 10.5. The molecule has 0 spiro atoms. The minimum Gasteiger partial charge on any atom is -0.347 e. The number of rotatable bonds is 8. The Morgan fingerprint density at radius 3 is 2.55 bits per heavy atom. The van der Waals surface area contributed by atoms with Crippen molar-refractivity contribution < 1.29 is 22.8 Å². The maximum atomic E-state index is 13.7. The van der Waals surface area contributed by atoms with Crippen molar-refractivity contribution in [2.24, 2.45) is 5.41 Å². The van der Waals surface area contributed by atoms with Gasteiger partial charge in [0.05, 0.1) is 24.0 Å². The average molecular weight is 540 g/mol. The molecule has 10 nitrogen and oxygen atoms in total. The summed E-state index contributed by atoms with van der Waals surface area (Å²) in [7, 11) is -3.44. The molecule has 1 fully saturated rings. The number of amides is 3. The highest BCUT2D eigenvalue weighted by Gasteiger charge is 2.42. The topological polar surface area (TPSA) is 149 Å². The lowest BCUT2D eigenvalue weighted by atomic mass is 9.85. The van der Waals surface area contributed by atoms with Gasteiger partial charge in [0, 0.05) is 23.6 Å². The van der Waals surface area contributed by atoms with Crippen LogP contribution < -0.4 is 10.6 Å². The molecule has 38 heavy (non-hydrogen) atoms. The molecule has 3 amide bonds. The third-order valence-electron chi connectivity index (χ3n) is 6.25. The van der Waals surface area contributed by atoms with Gasteiger partial charge in [-0.3, -0.25) is 14.4 Å². The van der Waals surface area contributed by atoms with Gasteiger partial charge in [-0.1, -0.05) is 45.0 Å². The zero-order valence-electron chi connectivity index (χ0n) is 22.0. The number of para-hydroxylation sites is 1. The van der Waals surface area contributed by atoms with Crippen LogP contribution in [0.1, 0.15) is 50.5 Å². The van der Waals surface area contributed by atoms with Crippen LogP contribution in [0.5, 0.6) is 0 Å². The largest absolute Gasteiger partial charge is 0.347 e. The first-order valence-electron chi connectivity index (χ1n) is 12.3. The molecule has 2 heterocycles. The van der Waals surface area contributed by atoms with E-state index >= 15 is 0 Å². The first-order valence-corrected chi connectivity index (χ1v) is 14.3. The van der Waals surface area contributed by atoms with E-state index in [4.69, 9.17) is 5.26 Å². The summed E-state index contributed by atoms with van der Waals surface area (Å²) in [6, 6.07) is 10.2. The Morgan fingerprint density at radius 1 is 1.18 bits per heavy atom. The average Bonchev–Trinajstić information content (AvgIpc) is 3.34. The van der Waals surface area contributed by atoms with Crippen LogP contribution >= 0.6 is 0 Å². The van der Waals surface area contributed by atoms with E-state index in [2.05, 4.69) is 15.6 Å². The monoisotopic (exact) mass is 539 g/mol. The van der Waals surface area contributed by atoms with Crippen LogP contribution in [0.25, 0.3) is 10.9 Å². The predicted molar refractivity (Wildman–Crippen MR) is 143 cm³/mol. The van der Waals surface area contributed by atoms with E-state index in [-0.39, 0.29) is 12.1 Å². The number of pyridine rings is 1. The SMILES string of the molecule is CC(C)(C)[C@H](NC(=O)c1ccc2ccccc2n1)C(=O)N1CCC[C@@H]1C(=O)N[C@H](/C=C/S(C)(=O)=O)CC#N. The fraction of sp³-hybridized carbons (Fsp3) is 0.444. The summed E-state index contributed by atoms with van der Waals surface area (Å²) < 4.78 is 22.9. The maximum Gasteiger partial charge on any atom is 0.270 e. The first kappa shape index (κ1) is 28.8. The Kier molecular flexibility index (Phi) is 8.89. The molecule has 11 heteroatoms. The Morgan fingerprint density at radius 2 is 1.89 bits per heavy atom. The number of nitrogens with one attached hydrogen (secondary N) is 2. The van der Waals surface area contributed by atoms with Crippen molar-refractivity contribution in [3.63, 3.8) is 0 Å². The second kappa shape index (κ2) is 11.7. The fourth-order valence-electron chi connectivity index (χ4n) is 4.30. The minimum absolute atomic E-state index is 0.127. The van der Waals surface area contributed by atoms with Gasteiger partial charge in [0.15, 0.2) is 9.84 Å². The van der Waals surface area contributed by atoms with Crippen LogP contribution in [-0.2, 0) is 19.4 Å². The number of carbonyl (C=O) groups excluding carboxylic acids is 3. The van der Waals surface area contributed by atoms with Crippen LogP contribution in [0.4, 0.5) is 0 Å². The van der Waals surface area contributed by atoms with Gasteiger partial charge in [0.1, 0.15) is 17.8 Å². The molecular formula is C27H33N5O5S. The quantitative estimate of drug-likeness (QED) is 0.523. The summed E-state index contributed by atoms with van der Waals surface area (Å²) in [6.07, 6.45) is 3.14. The second-order valence-corrected chi connectivity index (χ2v) is 12.4. The lowest BCUT2D eigenvalue weighted by molar-refractivity contribution is -0.142. The van der Waals surface area contributed by atoms with E-state index in [1.165, 1.54) is 11.0 Å². The summed E-state index contributed by atoms with van der Waals surface area (Å²) in [4.78, 5) is 45.8. The Labute approximate surface area is 223 Å². The highest BCUT2D eigenvalue weighted by Crippen LogP contribution is 2.26. The van der Waals surface area contributed by atoms with Crippen molar-refractivity contribution in [3.05, 3.63) is 53.6 Å². The standard InChI is InChI=1S/C27H33N5O5S/c1-27(2,3)23(31-24(33)21-12-11-18-8-5-6-9-20(18)30-21)26(35)32-16-7-10-22(32)25(34)29-19(13-15-28)14-17-38(4,36)37/h5-6,8-9,11-12,14,17,19,22-23H,7,10,13,16H2,1-4H3,(H,29,34)(H,31,33)/b17-14+/t19-,22+,23+/m0/s1. The Balaban J connectivity index is 1.78. The summed E-state index contributed by atoms with van der Waals surface area (Å²) in [5, 5.41) is 16.4. The molecule has 2 N–H and O–H groups in total. The van der Waals surface area contributed by atoms with Gasteiger partial charge >= 0.3 is 0 Å². The number of aromatic nitrogens is 1. The third kappa shape index (κ3) is 7.38. The zero-order valence-corrected chi connectivity index (χ0v) is 22.8. The van der Waals surface area contributed by atoms with Crippen molar-refractivity contribution in [2.45, 2.75) is 58.2 Å². The number of nitriles is 1. The van der Waals surface area contributed by atoms with E-state index in [0.717, 1.165) is 17.1 Å². The van der Waals surface area contributed by atoms with E-state index in [1.807, 2.05) is 45.0 Å². The number of hydrogen-bond donors (Lipinski definition) is 2. The summed E-state index contributed by atoms with van der Waals surface area (Å²) >= 11 is 0. The number of benzene rings is 1. The van der Waals surface area contributed by atoms with Gasteiger partial charge in [-0.25, -0.2) is 13.4 Å². The molecule has 202 valence electrons. The Bertz CT molecular complexity index is 1390. The molecule has 1 aliphatic heterocycles. The van der Waals surface area contributed by atoms with Gasteiger partial charge in [-0.15, -0.1) is 0 Å². The summed E-state index contributed by atoms with van der Waals surface area (Å²) in [5.41, 5.74) is 0.166. The molecule has 0 aliphatic carbocycles. The number of likely N-dealkylation sites (tertiary alicyclic amines) is 1. The molecule has 3 rings (SSSR count). The first-order chi connectivity index (χ1) is 17.8. The Hall–Kier alpha value is -3.78. The summed E-state index contributed by atoms with van der Waals surface area (Å²) in [6.45, 7) is 5.81. The molecule has 1 aromatic heterocycles. The summed E-state index contributed by atoms with van der Waals surface area (Å²) in [5.74, 6) is -1.37. The van der Waals surface area contributed by atoms with Crippen LogP contribution in [0, 0.1) is 16.7 Å². The van der Waals surface area contributed by atoms with Crippen LogP contribution in [-0.4, -0.2) is 66.9 Å². The normalized spacial score (nSPS) is 17.7. The molecule has 2 aromatic rings. The highest BCUT2D eigenvalue weighted by atomic mass is 32.2.